The molecule has 10 nitrogen and oxygen atoms in total. The number of hydrogen-bond acceptors (Lipinski definition) is 6. The predicted octanol–water partition coefficient (Wildman–Crippen LogP) is 2.60. The lowest BCUT2D eigenvalue weighted by molar-refractivity contribution is -0.137. The number of aromatic nitrogens is 2. The summed E-state index contributed by atoms with van der Waals surface area (Å²) in [6.07, 6.45) is 1.70. The molecule has 0 saturated carbocycles. The summed E-state index contributed by atoms with van der Waals surface area (Å²) >= 11 is 0. The zero-order valence-electron chi connectivity index (χ0n) is 18.7. The maximum atomic E-state index is 12.7. The van der Waals surface area contributed by atoms with Crippen LogP contribution in [0.25, 0.3) is 11.1 Å². The molecule has 0 bridgehead atoms. The topological polar surface area (TPSA) is 132 Å². The second-order valence-electron chi connectivity index (χ2n) is 8.47. The van der Waals surface area contributed by atoms with E-state index < -0.39 is 30.1 Å². The first kappa shape index (κ1) is 22.6. The molecule has 2 aliphatic rings. The van der Waals surface area contributed by atoms with Crippen molar-refractivity contribution in [2.75, 3.05) is 18.5 Å². The van der Waals surface area contributed by atoms with Gasteiger partial charge in [0.15, 0.2) is 6.10 Å². The van der Waals surface area contributed by atoms with Gasteiger partial charge in [-0.15, -0.1) is 0 Å². The lowest BCUT2D eigenvalue weighted by atomic mass is 9.98. The van der Waals surface area contributed by atoms with Crippen molar-refractivity contribution in [3.63, 3.8) is 0 Å². The Morgan fingerprint density at radius 1 is 1.09 bits per heavy atom. The molecule has 1 fully saturated rings. The van der Waals surface area contributed by atoms with Crippen molar-refractivity contribution in [3.05, 3.63) is 72.1 Å². The number of carbonyl (C=O) groups excluding carboxylic acids is 2. The highest BCUT2D eigenvalue weighted by Crippen LogP contribution is 2.44. The Hall–Kier alpha value is -4.18. The number of hydrogen-bond donors (Lipinski definition) is 3. The molecule has 1 aromatic heterocycles. The van der Waals surface area contributed by atoms with Gasteiger partial charge in [0, 0.05) is 18.7 Å². The molecule has 2 aromatic carbocycles. The first-order valence-corrected chi connectivity index (χ1v) is 11.3. The second kappa shape index (κ2) is 9.59. The van der Waals surface area contributed by atoms with Crippen LogP contribution in [0, 0.1) is 0 Å². The molecule has 2 atom stereocenters. The van der Waals surface area contributed by atoms with E-state index in [-0.39, 0.29) is 19.1 Å². The molecule has 5 rings (SSSR count). The van der Waals surface area contributed by atoms with Gasteiger partial charge in [-0.2, -0.15) is 5.10 Å². The molecular weight excluding hydrogens is 452 g/mol. The summed E-state index contributed by atoms with van der Waals surface area (Å²) in [5, 5.41) is 18.1. The Morgan fingerprint density at radius 2 is 1.77 bits per heavy atom. The zero-order chi connectivity index (χ0) is 24.4. The number of amides is 2. The highest BCUT2D eigenvalue weighted by atomic mass is 16.6. The smallest absolute Gasteiger partial charge is 0.407 e. The van der Waals surface area contributed by atoms with Crippen molar-refractivity contribution in [3.8, 4) is 11.1 Å². The third-order valence-electron chi connectivity index (χ3n) is 6.20. The van der Waals surface area contributed by atoms with Crippen LogP contribution < -0.4 is 10.6 Å². The molecular formula is C25H24N4O6. The van der Waals surface area contributed by atoms with Crippen molar-refractivity contribution in [2.45, 2.75) is 31.0 Å². The van der Waals surface area contributed by atoms with Crippen molar-refractivity contribution in [2.24, 2.45) is 0 Å². The minimum absolute atomic E-state index is 0.0607. The maximum absolute atomic E-state index is 12.7. The standard InChI is InChI=1S/C25H24N4O6/c30-22(31)13-29-12-15(11-26-29)27-24(32)23-21(9-10-34-23)28-25(33)35-14-20-18-7-3-1-5-16(18)17-6-2-4-8-19(17)20/h1-8,11-12,20-21,23H,9-10,13-14H2,(H,27,32)(H,28,33)(H,30,31)/t21-,23+/m0/s1. The van der Waals surface area contributed by atoms with Crippen molar-refractivity contribution in [1.82, 2.24) is 15.1 Å². The van der Waals surface area contributed by atoms with Gasteiger partial charge >= 0.3 is 12.1 Å². The molecule has 180 valence electrons. The second-order valence-corrected chi connectivity index (χ2v) is 8.47. The third-order valence-corrected chi connectivity index (χ3v) is 6.20. The molecule has 10 heteroatoms. The van der Waals surface area contributed by atoms with Crippen LogP contribution in [0.4, 0.5) is 10.5 Å². The molecule has 1 aliphatic heterocycles. The largest absolute Gasteiger partial charge is 0.480 e. The molecule has 1 saturated heterocycles. The Balaban J connectivity index is 1.18. The fourth-order valence-corrected chi connectivity index (χ4v) is 4.65. The lowest BCUT2D eigenvalue weighted by Crippen LogP contribution is -2.46. The van der Waals surface area contributed by atoms with Gasteiger partial charge in [0.25, 0.3) is 5.91 Å². The minimum Gasteiger partial charge on any atom is -0.480 e. The highest BCUT2D eigenvalue weighted by molar-refractivity contribution is 5.95. The van der Waals surface area contributed by atoms with E-state index in [9.17, 15) is 14.4 Å². The van der Waals surface area contributed by atoms with Crippen molar-refractivity contribution >= 4 is 23.7 Å². The lowest BCUT2D eigenvalue weighted by Gasteiger charge is -2.20. The van der Waals surface area contributed by atoms with Gasteiger partial charge < -0.3 is 25.2 Å². The van der Waals surface area contributed by atoms with Crippen LogP contribution >= 0.6 is 0 Å². The number of aliphatic carboxylic acids is 1. The molecule has 0 spiro atoms. The number of ether oxygens (including phenoxy) is 2. The number of rotatable bonds is 7. The van der Waals surface area contributed by atoms with E-state index in [1.807, 2.05) is 36.4 Å². The summed E-state index contributed by atoms with van der Waals surface area (Å²) < 4.78 is 12.3. The van der Waals surface area contributed by atoms with Crippen LogP contribution in [-0.4, -0.2) is 58.2 Å². The van der Waals surface area contributed by atoms with E-state index >= 15 is 0 Å². The molecule has 0 radical (unpaired) electrons. The number of benzene rings is 2. The van der Waals surface area contributed by atoms with E-state index in [0.29, 0.717) is 18.7 Å². The van der Waals surface area contributed by atoms with Gasteiger partial charge in [-0.25, -0.2) is 4.79 Å². The predicted molar refractivity (Wildman–Crippen MR) is 125 cm³/mol. The van der Waals surface area contributed by atoms with Gasteiger partial charge in [-0.1, -0.05) is 48.5 Å². The summed E-state index contributed by atoms with van der Waals surface area (Å²) in [6.45, 7) is 0.166. The average molecular weight is 476 g/mol. The summed E-state index contributed by atoms with van der Waals surface area (Å²) in [6, 6.07) is 15.6. The van der Waals surface area contributed by atoms with E-state index in [1.165, 1.54) is 17.1 Å². The zero-order valence-corrected chi connectivity index (χ0v) is 18.7. The highest BCUT2D eigenvalue weighted by Gasteiger charge is 2.36. The Kier molecular flexibility index (Phi) is 6.19. The molecule has 1 aliphatic carbocycles. The molecule has 0 unspecified atom stereocenters. The SMILES string of the molecule is O=C(O)Cn1cc(NC(=O)[C@@H]2OCC[C@@H]2NC(=O)OCC2c3ccccc3-c3ccccc32)cn1. The third kappa shape index (κ3) is 4.73. The number of nitrogens with zero attached hydrogens (tertiary/aromatic N) is 2. The van der Waals surface area contributed by atoms with Gasteiger partial charge in [0.1, 0.15) is 13.2 Å². The summed E-state index contributed by atoms with van der Waals surface area (Å²) in [4.78, 5) is 36.1. The molecule has 3 N–H and O–H groups in total. The molecule has 2 heterocycles. The van der Waals surface area contributed by atoms with Gasteiger partial charge in [-0.05, 0) is 28.7 Å². The number of anilines is 1. The first-order valence-electron chi connectivity index (χ1n) is 11.3. The van der Waals surface area contributed by atoms with Crippen LogP contribution in [-0.2, 0) is 25.6 Å². The van der Waals surface area contributed by atoms with E-state index in [1.54, 1.807) is 0 Å². The summed E-state index contributed by atoms with van der Waals surface area (Å²) in [7, 11) is 0. The maximum Gasteiger partial charge on any atom is 0.407 e. The van der Waals surface area contributed by atoms with Gasteiger partial charge in [-0.3, -0.25) is 14.3 Å². The van der Waals surface area contributed by atoms with E-state index in [4.69, 9.17) is 14.6 Å². The number of alkyl carbamates (subject to hydrolysis) is 1. The fourth-order valence-electron chi connectivity index (χ4n) is 4.65. The normalized spacial score (nSPS) is 18.5. The molecule has 3 aromatic rings. The first-order chi connectivity index (χ1) is 17.0. The van der Waals surface area contributed by atoms with Crippen molar-refractivity contribution < 1.29 is 29.0 Å². The van der Waals surface area contributed by atoms with Gasteiger partial charge in [0.2, 0.25) is 0 Å². The fraction of sp³-hybridized carbons (Fsp3) is 0.280. The number of carbonyl (C=O) groups is 3. The van der Waals surface area contributed by atoms with Crippen molar-refractivity contribution in [1.29, 1.82) is 0 Å². The molecule has 35 heavy (non-hydrogen) atoms. The van der Waals surface area contributed by atoms with E-state index in [0.717, 1.165) is 22.3 Å². The Labute approximate surface area is 200 Å². The van der Waals surface area contributed by atoms with Crippen LogP contribution in [0.3, 0.4) is 0 Å². The van der Waals surface area contributed by atoms with Gasteiger partial charge in [0.05, 0.1) is 17.9 Å². The number of carboxylic acids is 1. The van der Waals surface area contributed by atoms with E-state index in [2.05, 4.69) is 27.9 Å². The van der Waals surface area contributed by atoms with Crippen LogP contribution in [0.15, 0.2) is 60.9 Å². The van der Waals surface area contributed by atoms with Crippen LogP contribution in [0.5, 0.6) is 0 Å². The summed E-state index contributed by atoms with van der Waals surface area (Å²) in [5.74, 6) is -1.56. The molecule has 2 amide bonds. The Morgan fingerprint density at radius 3 is 2.46 bits per heavy atom. The number of nitrogens with one attached hydrogen (secondary N) is 2. The summed E-state index contributed by atoms with van der Waals surface area (Å²) in [5.41, 5.74) is 4.86. The number of carboxylic acid groups (broad SMARTS) is 1. The van der Waals surface area contributed by atoms with Crippen LogP contribution in [0.1, 0.15) is 23.5 Å². The minimum atomic E-state index is -1.04. The average Bonchev–Trinajstić information content (AvgIpc) is 3.55. The Bertz CT molecular complexity index is 1230. The quantitative estimate of drug-likeness (QED) is 0.478. The monoisotopic (exact) mass is 476 g/mol. The van der Waals surface area contributed by atoms with Crippen LogP contribution in [0.2, 0.25) is 0 Å². The number of fused-ring (bicyclic) bond motifs is 3.